The second-order valence-electron chi connectivity index (χ2n) is 1.52. The third-order valence-electron chi connectivity index (χ3n) is 0.840. The molecule has 64 valence electrons. The van der Waals surface area contributed by atoms with E-state index >= 15 is 0 Å². The number of carboxylic acids is 1. The van der Waals surface area contributed by atoms with E-state index in [-0.39, 0.29) is 0 Å². The zero-order chi connectivity index (χ0) is 8.85. The molecule has 0 spiro atoms. The molecule has 0 amide bonds. The molecule has 0 saturated carbocycles. The van der Waals surface area contributed by atoms with E-state index in [0.29, 0.717) is 0 Å². The topological polar surface area (TPSA) is 82.1 Å². The van der Waals surface area contributed by atoms with Crippen LogP contribution in [0.1, 0.15) is 0 Å². The van der Waals surface area contributed by atoms with Crippen LogP contribution in [-0.4, -0.2) is 37.4 Å². The quantitative estimate of drug-likeness (QED) is 0.332. The highest BCUT2D eigenvalue weighted by molar-refractivity contribution is 5.96. The van der Waals surface area contributed by atoms with E-state index in [0.717, 1.165) is 14.2 Å². The lowest BCUT2D eigenvalue weighted by Crippen LogP contribution is -2.33. The number of hydrogen-bond donors (Lipinski definition) is 1. The summed E-state index contributed by atoms with van der Waals surface area (Å²) in [4.78, 5) is 28.6. The van der Waals surface area contributed by atoms with Gasteiger partial charge in [-0.1, -0.05) is 0 Å². The number of hydrogen-bond acceptors (Lipinski definition) is 5. The van der Waals surface area contributed by atoms with E-state index in [1.807, 2.05) is 0 Å². The second-order valence-corrected chi connectivity index (χ2v) is 1.52. The predicted octanol–water partition coefficient (Wildman–Crippen LogP) is -0.809. The maximum absolute atomic E-state index is 10.6. The number of carboxylic acid groups (broad SMARTS) is 1. The minimum absolute atomic E-state index is 1.08. The Kier molecular flexibility index (Phi) is 4.16. The maximum atomic E-state index is 10.6. The number of carbonyl (C=O) groups is 2. The van der Waals surface area contributed by atoms with Crippen molar-refractivity contribution in [1.29, 1.82) is 0 Å². The fourth-order valence-corrected chi connectivity index (χ4v) is 0.424. The van der Waals surface area contributed by atoms with Crippen LogP contribution in [0.15, 0.2) is 0 Å². The largest absolute Gasteiger partial charge is 0.479 e. The molecule has 0 aromatic carbocycles. The monoisotopic (exact) mass is 164 g/mol. The summed E-state index contributed by atoms with van der Waals surface area (Å²) >= 11 is 0. The van der Waals surface area contributed by atoms with Gasteiger partial charge in [0.05, 0.1) is 7.11 Å². The average molecular weight is 164 g/mol. The lowest BCUT2D eigenvalue weighted by atomic mass is 10.4. The van der Waals surface area contributed by atoms with Crippen molar-refractivity contribution in [2.24, 2.45) is 0 Å². The summed E-state index contributed by atoms with van der Waals surface area (Å²) in [6, 6.07) is 0. The summed E-state index contributed by atoms with van der Waals surface area (Å²) in [5, 5.41) is 8.29. The van der Waals surface area contributed by atoms with E-state index in [9.17, 15) is 9.59 Å². The first kappa shape index (κ1) is 9.86. The van der Waals surface area contributed by atoms with Crippen LogP contribution in [0.4, 0.5) is 0 Å². The van der Waals surface area contributed by atoms with Crippen molar-refractivity contribution in [3.63, 3.8) is 0 Å². The molecule has 0 fully saturated rings. The highest BCUT2D eigenvalue weighted by Gasteiger charge is 2.28. The Morgan fingerprint density at radius 2 is 1.91 bits per heavy atom. The van der Waals surface area contributed by atoms with Crippen molar-refractivity contribution in [1.82, 2.24) is 0 Å². The SMILES string of the molecule is COOC(=O)C(OC)C(=O)O. The van der Waals surface area contributed by atoms with E-state index in [1.165, 1.54) is 0 Å². The minimum Gasteiger partial charge on any atom is -0.479 e. The van der Waals surface area contributed by atoms with Crippen LogP contribution in [0.5, 0.6) is 0 Å². The zero-order valence-electron chi connectivity index (χ0n) is 6.07. The van der Waals surface area contributed by atoms with Gasteiger partial charge in [0.25, 0.3) is 6.10 Å². The third kappa shape index (κ3) is 2.96. The fraction of sp³-hybridized carbons (Fsp3) is 0.600. The molecule has 0 aliphatic rings. The van der Waals surface area contributed by atoms with Crippen molar-refractivity contribution in [2.45, 2.75) is 6.10 Å². The Hall–Kier alpha value is -1.14. The number of methoxy groups -OCH3 is 1. The summed E-state index contributed by atoms with van der Waals surface area (Å²) in [5.74, 6) is -2.52. The van der Waals surface area contributed by atoms with Crippen molar-refractivity contribution in [3.8, 4) is 0 Å². The van der Waals surface area contributed by atoms with Gasteiger partial charge in [-0.3, -0.25) is 4.89 Å². The Balaban J connectivity index is 4.03. The molecule has 0 radical (unpaired) electrons. The Morgan fingerprint density at radius 1 is 1.36 bits per heavy atom. The van der Waals surface area contributed by atoms with E-state index in [2.05, 4.69) is 14.5 Å². The van der Waals surface area contributed by atoms with Gasteiger partial charge in [0, 0.05) is 7.11 Å². The summed E-state index contributed by atoms with van der Waals surface area (Å²) in [6.45, 7) is 0. The molecule has 1 atom stereocenters. The molecule has 6 heteroatoms. The first-order chi connectivity index (χ1) is 5.13. The number of aliphatic carboxylic acids is 1. The maximum Gasteiger partial charge on any atom is 0.382 e. The molecule has 6 nitrogen and oxygen atoms in total. The molecule has 0 rings (SSSR count). The molecule has 0 aromatic rings. The lowest BCUT2D eigenvalue weighted by molar-refractivity contribution is -0.262. The molecule has 1 N–H and O–H groups in total. The van der Waals surface area contributed by atoms with Gasteiger partial charge in [-0.15, -0.1) is 0 Å². The van der Waals surface area contributed by atoms with Gasteiger partial charge in [0.1, 0.15) is 0 Å². The molecule has 11 heavy (non-hydrogen) atoms. The molecule has 0 heterocycles. The van der Waals surface area contributed by atoms with Crippen LogP contribution in [0.25, 0.3) is 0 Å². The predicted molar refractivity (Wildman–Crippen MR) is 31.5 cm³/mol. The highest BCUT2D eigenvalue weighted by Crippen LogP contribution is 1.93. The van der Waals surface area contributed by atoms with Crippen LogP contribution in [0.3, 0.4) is 0 Å². The molecule has 0 aliphatic carbocycles. The van der Waals surface area contributed by atoms with Crippen molar-refractivity contribution in [2.75, 3.05) is 14.2 Å². The summed E-state index contributed by atoms with van der Waals surface area (Å²) in [7, 11) is 2.17. The van der Waals surface area contributed by atoms with Crippen molar-refractivity contribution >= 4 is 11.9 Å². The molecule has 0 saturated heterocycles. The molecule has 1 unspecified atom stereocenters. The first-order valence-corrected chi connectivity index (χ1v) is 2.63. The zero-order valence-corrected chi connectivity index (χ0v) is 6.07. The van der Waals surface area contributed by atoms with Gasteiger partial charge in [-0.05, 0) is 0 Å². The van der Waals surface area contributed by atoms with Gasteiger partial charge in [-0.25, -0.2) is 9.59 Å². The molecule has 0 aromatic heterocycles. The smallest absolute Gasteiger partial charge is 0.382 e. The Bertz CT molecular complexity index is 153. The molecular weight excluding hydrogens is 156 g/mol. The number of rotatable bonds is 4. The van der Waals surface area contributed by atoms with Gasteiger partial charge >= 0.3 is 11.9 Å². The van der Waals surface area contributed by atoms with Crippen LogP contribution >= 0.6 is 0 Å². The molecule has 0 aliphatic heterocycles. The van der Waals surface area contributed by atoms with Crippen LogP contribution in [0.2, 0.25) is 0 Å². The van der Waals surface area contributed by atoms with Gasteiger partial charge in [0.15, 0.2) is 0 Å². The van der Waals surface area contributed by atoms with E-state index in [1.54, 1.807) is 0 Å². The highest BCUT2D eigenvalue weighted by atomic mass is 17.2. The summed E-state index contributed by atoms with van der Waals surface area (Å²) < 4.78 is 4.27. The van der Waals surface area contributed by atoms with Crippen LogP contribution in [-0.2, 0) is 24.1 Å². The standard InChI is InChI=1S/C5H8O6/c1-9-3(4(6)7)5(8)11-10-2/h3H,1-2H3,(H,6,7). The number of ether oxygens (including phenoxy) is 1. The number of carbonyl (C=O) groups excluding carboxylic acids is 1. The average Bonchev–Trinajstić information content (AvgIpc) is 1.88. The third-order valence-corrected chi connectivity index (χ3v) is 0.840. The second kappa shape index (κ2) is 4.64. The van der Waals surface area contributed by atoms with Gasteiger partial charge in [0.2, 0.25) is 0 Å². The minimum atomic E-state index is -1.63. The van der Waals surface area contributed by atoms with Gasteiger partial charge in [-0.2, -0.15) is 4.89 Å². The molecule has 0 bridgehead atoms. The van der Waals surface area contributed by atoms with Crippen molar-refractivity contribution in [3.05, 3.63) is 0 Å². The fourth-order valence-electron chi connectivity index (χ4n) is 0.424. The normalized spacial score (nSPS) is 12.2. The van der Waals surface area contributed by atoms with Gasteiger partial charge < -0.3 is 9.84 Å². The van der Waals surface area contributed by atoms with E-state index in [4.69, 9.17) is 5.11 Å². The van der Waals surface area contributed by atoms with E-state index < -0.39 is 18.0 Å². The molecular formula is C5H8O6. The Morgan fingerprint density at radius 3 is 2.18 bits per heavy atom. The Labute approximate surface area is 62.6 Å². The lowest BCUT2D eigenvalue weighted by Gasteiger charge is -2.06. The van der Waals surface area contributed by atoms with Crippen LogP contribution < -0.4 is 0 Å². The summed E-state index contributed by atoms with van der Waals surface area (Å²) in [5.41, 5.74) is 0. The first-order valence-electron chi connectivity index (χ1n) is 2.63. The van der Waals surface area contributed by atoms with Crippen molar-refractivity contribution < 1.29 is 29.2 Å². The summed E-state index contributed by atoms with van der Waals surface area (Å²) in [6.07, 6.45) is -1.63. The van der Waals surface area contributed by atoms with Crippen LogP contribution in [0, 0.1) is 0 Å².